The molecule has 0 aromatic heterocycles. The Kier molecular flexibility index (Phi) is 4.39. The Hall–Kier alpha value is -3.57. The van der Waals surface area contributed by atoms with Crippen LogP contribution in [0.5, 0.6) is 0 Å². The van der Waals surface area contributed by atoms with Gasteiger partial charge in [0.25, 0.3) is 0 Å². The summed E-state index contributed by atoms with van der Waals surface area (Å²) in [5.74, 6) is -1.31. The first kappa shape index (κ1) is 20.1. The molecule has 164 valence electrons. The number of carbonyl (C=O) groups excluding carboxylic acids is 3. The minimum atomic E-state index is -0.401. The third-order valence-corrected chi connectivity index (χ3v) is 7.36. The lowest BCUT2D eigenvalue weighted by Crippen LogP contribution is -2.41. The average molecular weight is 437 g/mol. The lowest BCUT2D eigenvalue weighted by atomic mass is 9.55. The highest BCUT2D eigenvalue weighted by Crippen LogP contribution is 2.61. The SMILES string of the molecule is CN(C)CC(=O)c1ccc(N2C(=O)C3C4c5ccccc5C(c5ccccc54)C3C2=O)cc1. The van der Waals surface area contributed by atoms with Gasteiger partial charge in [-0.15, -0.1) is 0 Å². The molecule has 2 unspecified atom stereocenters. The van der Waals surface area contributed by atoms with Crippen LogP contribution in [0.25, 0.3) is 0 Å². The van der Waals surface area contributed by atoms with Crippen LogP contribution >= 0.6 is 0 Å². The van der Waals surface area contributed by atoms with Crippen LogP contribution in [0.1, 0.15) is 44.4 Å². The van der Waals surface area contributed by atoms with Crippen LogP contribution in [-0.4, -0.2) is 43.1 Å². The minimum Gasteiger partial charge on any atom is -0.302 e. The molecule has 1 aliphatic heterocycles. The van der Waals surface area contributed by atoms with E-state index in [1.54, 1.807) is 24.3 Å². The van der Waals surface area contributed by atoms with E-state index in [2.05, 4.69) is 24.3 Å². The van der Waals surface area contributed by atoms with Crippen LogP contribution in [0.2, 0.25) is 0 Å². The van der Waals surface area contributed by atoms with Gasteiger partial charge in [0.05, 0.1) is 24.1 Å². The molecule has 3 aliphatic carbocycles. The number of hydrogen-bond acceptors (Lipinski definition) is 4. The van der Waals surface area contributed by atoms with E-state index in [4.69, 9.17) is 0 Å². The third kappa shape index (κ3) is 2.79. The molecule has 5 nitrogen and oxygen atoms in total. The summed E-state index contributed by atoms with van der Waals surface area (Å²) in [6.45, 7) is 0.310. The molecule has 0 spiro atoms. The van der Waals surface area contributed by atoms with E-state index < -0.39 is 11.8 Å². The second-order valence-electron chi connectivity index (χ2n) is 9.48. The van der Waals surface area contributed by atoms with Crippen molar-refractivity contribution >= 4 is 23.3 Å². The van der Waals surface area contributed by atoms with Crippen molar-refractivity contribution in [3.05, 3.63) is 101 Å². The van der Waals surface area contributed by atoms with Crippen molar-refractivity contribution in [3.8, 4) is 0 Å². The quantitative estimate of drug-likeness (QED) is 0.461. The number of carbonyl (C=O) groups is 3. The molecule has 33 heavy (non-hydrogen) atoms. The first-order valence-corrected chi connectivity index (χ1v) is 11.3. The molecule has 5 heteroatoms. The Morgan fingerprint density at radius 3 is 1.55 bits per heavy atom. The molecule has 1 heterocycles. The van der Waals surface area contributed by atoms with Crippen molar-refractivity contribution in [1.29, 1.82) is 0 Å². The van der Waals surface area contributed by atoms with Crippen LogP contribution in [0.4, 0.5) is 5.69 Å². The van der Waals surface area contributed by atoms with Crippen molar-refractivity contribution < 1.29 is 14.4 Å². The zero-order chi connectivity index (χ0) is 22.9. The molecule has 3 aromatic carbocycles. The Morgan fingerprint density at radius 1 is 0.727 bits per heavy atom. The lowest BCUT2D eigenvalue weighted by Gasteiger charge is -2.45. The molecule has 1 fully saturated rings. The van der Waals surface area contributed by atoms with Gasteiger partial charge in [-0.3, -0.25) is 14.4 Å². The maximum absolute atomic E-state index is 13.8. The molecule has 0 saturated carbocycles. The molecule has 1 saturated heterocycles. The highest BCUT2D eigenvalue weighted by molar-refractivity contribution is 6.23. The zero-order valence-corrected chi connectivity index (χ0v) is 18.6. The maximum atomic E-state index is 13.8. The Bertz CT molecular complexity index is 1200. The lowest BCUT2D eigenvalue weighted by molar-refractivity contribution is -0.122. The summed E-state index contributed by atoms with van der Waals surface area (Å²) in [6.07, 6.45) is 0. The third-order valence-electron chi connectivity index (χ3n) is 7.36. The van der Waals surface area contributed by atoms with Crippen molar-refractivity contribution in [3.63, 3.8) is 0 Å². The number of benzene rings is 3. The summed E-state index contributed by atoms with van der Waals surface area (Å²) in [7, 11) is 3.69. The van der Waals surface area contributed by atoms with Crippen LogP contribution in [0.15, 0.2) is 72.8 Å². The van der Waals surface area contributed by atoms with E-state index in [1.807, 2.05) is 43.3 Å². The summed E-state index contributed by atoms with van der Waals surface area (Å²) in [4.78, 5) is 43.1. The fourth-order valence-corrected chi connectivity index (χ4v) is 6.11. The van der Waals surface area contributed by atoms with Gasteiger partial charge < -0.3 is 4.90 Å². The number of ketones is 1. The molecule has 7 rings (SSSR count). The molecular weight excluding hydrogens is 412 g/mol. The van der Waals surface area contributed by atoms with Gasteiger partial charge in [-0.05, 0) is 60.6 Å². The second-order valence-corrected chi connectivity index (χ2v) is 9.48. The van der Waals surface area contributed by atoms with Crippen molar-refractivity contribution in [2.24, 2.45) is 11.8 Å². The molecule has 4 aliphatic rings. The highest BCUT2D eigenvalue weighted by atomic mass is 16.2. The van der Waals surface area contributed by atoms with Crippen LogP contribution < -0.4 is 4.90 Å². The molecule has 2 amide bonds. The summed E-state index contributed by atoms with van der Waals surface area (Å²) >= 11 is 0. The first-order chi connectivity index (χ1) is 16.0. The summed E-state index contributed by atoms with van der Waals surface area (Å²) < 4.78 is 0. The first-order valence-electron chi connectivity index (χ1n) is 11.3. The zero-order valence-electron chi connectivity index (χ0n) is 18.6. The van der Waals surface area contributed by atoms with Crippen LogP contribution in [0, 0.1) is 11.8 Å². The maximum Gasteiger partial charge on any atom is 0.238 e. The number of nitrogens with zero attached hydrogens (tertiary/aromatic N) is 2. The number of rotatable bonds is 4. The topological polar surface area (TPSA) is 57.7 Å². The van der Waals surface area contributed by atoms with E-state index in [1.165, 1.54) is 4.90 Å². The number of hydrogen-bond donors (Lipinski definition) is 0. The van der Waals surface area contributed by atoms with Gasteiger partial charge in [-0.2, -0.15) is 0 Å². The molecule has 3 aromatic rings. The predicted octanol–water partition coefficient (Wildman–Crippen LogP) is 3.83. The van der Waals surface area contributed by atoms with E-state index in [-0.39, 0.29) is 29.4 Å². The van der Waals surface area contributed by atoms with E-state index in [9.17, 15) is 14.4 Å². The van der Waals surface area contributed by atoms with Crippen molar-refractivity contribution in [2.75, 3.05) is 25.5 Å². The highest BCUT2D eigenvalue weighted by Gasteiger charge is 2.61. The predicted molar refractivity (Wildman–Crippen MR) is 125 cm³/mol. The van der Waals surface area contributed by atoms with Gasteiger partial charge in [-0.25, -0.2) is 4.90 Å². The van der Waals surface area contributed by atoms with Gasteiger partial charge in [-0.1, -0.05) is 48.5 Å². The Morgan fingerprint density at radius 2 is 1.15 bits per heavy atom. The molecule has 2 atom stereocenters. The number of likely N-dealkylation sites (N-methyl/N-ethyl adjacent to an activating group) is 1. The van der Waals surface area contributed by atoms with E-state index in [0.29, 0.717) is 17.8 Å². The Balaban J connectivity index is 1.41. The standard InChI is InChI=1S/C28H24N2O3/c1-29(2)15-22(31)16-11-13-17(14-12-16)30-27(32)25-23-18-7-3-4-8-19(18)24(26(25)28(30)33)21-10-6-5-9-20(21)23/h3-14,23-26H,15H2,1-2H3. The second kappa shape index (κ2) is 7.22. The fraction of sp³-hybridized carbons (Fsp3) is 0.250. The van der Waals surface area contributed by atoms with Crippen molar-refractivity contribution in [1.82, 2.24) is 4.90 Å². The number of anilines is 1. The van der Waals surface area contributed by atoms with E-state index >= 15 is 0 Å². The minimum absolute atomic E-state index is 0.00300. The average Bonchev–Trinajstić information content (AvgIpc) is 3.09. The summed E-state index contributed by atoms with van der Waals surface area (Å²) in [5.41, 5.74) is 5.76. The number of Topliss-reactive ketones (excluding diaryl/α,β-unsaturated/α-hetero) is 1. The number of amides is 2. The van der Waals surface area contributed by atoms with Crippen LogP contribution in [-0.2, 0) is 9.59 Å². The largest absolute Gasteiger partial charge is 0.302 e. The van der Waals surface area contributed by atoms with Gasteiger partial charge in [0, 0.05) is 17.4 Å². The van der Waals surface area contributed by atoms with Crippen LogP contribution in [0.3, 0.4) is 0 Å². The van der Waals surface area contributed by atoms with Gasteiger partial charge in [0.1, 0.15) is 0 Å². The van der Waals surface area contributed by atoms with E-state index in [0.717, 1.165) is 22.3 Å². The normalized spacial score (nSPS) is 24.6. The molecule has 2 bridgehead atoms. The molecule has 0 N–H and O–H groups in total. The smallest absolute Gasteiger partial charge is 0.238 e. The summed E-state index contributed by atoms with van der Waals surface area (Å²) in [6, 6.07) is 23.3. The van der Waals surface area contributed by atoms with Gasteiger partial charge in [0.15, 0.2) is 5.78 Å². The number of imide groups is 1. The summed E-state index contributed by atoms with van der Waals surface area (Å²) in [5, 5.41) is 0. The molecule has 0 radical (unpaired) electrons. The monoisotopic (exact) mass is 436 g/mol. The van der Waals surface area contributed by atoms with Gasteiger partial charge >= 0.3 is 0 Å². The molecular formula is C28H24N2O3. The van der Waals surface area contributed by atoms with Gasteiger partial charge in [0.2, 0.25) is 11.8 Å². The fourth-order valence-electron chi connectivity index (χ4n) is 6.11. The van der Waals surface area contributed by atoms with Crippen molar-refractivity contribution in [2.45, 2.75) is 11.8 Å². The Labute approximate surface area is 192 Å².